The Morgan fingerprint density at radius 1 is 1.38 bits per heavy atom. The molecule has 1 saturated heterocycles. The molecule has 1 rings (SSSR count). The summed E-state index contributed by atoms with van der Waals surface area (Å²) in [4.78, 5) is 1.49. The molecule has 4 atom stereocenters. The summed E-state index contributed by atoms with van der Waals surface area (Å²) in [6, 6.07) is 0. The predicted octanol–water partition coefficient (Wildman–Crippen LogP) is -1.28. The average Bonchev–Trinajstić information content (AvgIpc) is 1.99. The van der Waals surface area contributed by atoms with E-state index in [1.165, 1.54) is 4.90 Å². The van der Waals surface area contributed by atoms with Gasteiger partial charge in [0.25, 0.3) is 0 Å². The molecule has 1 heterocycles. The monoisotopic (exact) mass is 191 g/mol. The highest BCUT2D eigenvalue weighted by Crippen LogP contribution is 2.29. The van der Waals surface area contributed by atoms with Gasteiger partial charge in [0, 0.05) is 6.42 Å². The molecule has 0 saturated carbocycles. The van der Waals surface area contributed by atoms with Crippen LogP contribution in [0.15, 0.2) is 0 Å². The molecule has 0 bridgehead atoms. The van der Waals surface area contributed by atoms with E-state index in [0.29, 0.717) is 0 Å². The van der Waals surface area contributed by atoms with E-state index in [9.17, 15) is 15.3 Å². The molecule has 1 aliphatic heterocycles. The number of hydrogen-bond donors (Lipinski definition) is 3. The summed E-state index contributed by atoms with van der Waals surface area (Å²) in [6.07, 6.45) is -2.61. The van der Waals surface area contributed by atoms with E-state index < -0.39 is 18.1 Å². The molecule has 13 heavy (non-hydrogen) atoms. The first-order valence-corrected chi connectivity index (χ1v) is 4.29. The van der Waals surface area contributed by atoms with Gasteiger partial charge in [-0.1, -0.05) is 0 Å². The van der Waals surface area contributed by atoms with Crippen LogP contribution in [-0.4, -0.2) is 58.5 Å². The van der Waals surface area contributed by atoms with Gasteiger partial charge in [-0.3, -0.25) is 4.90 Å². The Labute approximate surface area is 77.5 Å². The molecule has 1 fully saturated rings. The minimum Gasteiger partial charge on any atom is -0.383 e. The first kappa shape index (κ1) is 10.9. The predicted molar refractivity (Wildman–Crippen MR) is 45.8 cm³/mol. The second-order valence-corrected chi connectivity index (χ2v) is 3.76. The third kappa shape index (κ3) is 1.84. The fourth-order valence-corrected chi connectivity index (χ4v) is 1.58. The highest BCUT2D eigenvalue weighted by molar-refractivity contribution is 4.91. The molecule has 0 spiro atoms. The molecule has 0 aromatic carbocycles. The second-order valence-electron chi connectivity index (χ2n) is 3.76. The van der Waals surface area contributed by atoms with Crippen molar-refractivity contribution in [2.45, 2.75) is 37.6 Å². The van der Waals surface area contributed by atoms with Crippen LogP contribution in [-0.2, 0) is 4.74 Å². The van der Waals surface area contributed by atoms with Gasteiger partial charge in [0.2, 0.25) is 0 Å². The number of hydrogen-bond acceptors (Lipinski definition) is 5. The SMILES string of the molecule is C[C@@H]1C[C@@](O)(N(C)C)[C@@H](O)[C@H](O)O1. The Hall–Kier alpha value is -0.200. The van der Waals surface area contributed by atoms with Crippen LogP contribution in [0.2, 0.25) is 0 Å². The highest BCUT2D eigenvalue weighted by Gasteiger charge is 2.48. The first-order valence-electron chi connectivity index (χ1n) is 4.29. The van der Waals surface area contributed by atoms with Gasteiger partial charge in [-0.2, -0.15) is 0 Å². The van der Waals surface area contributed by atoms with Crippen LogP contribution in [0.5, 0.6) is 0 Å². The first-order chi connectivity index (χ1) is 5.88. The van der Waals surface area contributed by atoms with Gasteiger partial charge >= 0.3 is 0 Å². The van der Waals surface area contributed by atoms with Gasteiger partial charge in [-0.15, -0.1) is 0 Å². The van der Waals surface area contributed by atoms with Crippen LogP contribution in [0.3, 0.4) is 0 Å². The standard InChI is InChI=1S/C8H17NO4/c1-5-4-8(12,9(2)3)6(10)7(11)13-5/h5-7,10-12H,4H2,1-3H3/t5-,6+,7-,8+/m1/s1. The van der Waals surface area contributed by atoms with Crippen LogP contribution in [0.25, 0.3) is 0 Å². The second kappa shape index (κ2) is 3.51. The number of aliphatic hydroxyl groups excluding tert-OH is 2. The Morgan fingerprint density at radius 2 is 1.92 bits per heavy atom. The Balaban J connectivity index is 2.82. The molecular weight excluding hydrogens is 174 g/mol. The molecule has 5 nitrogen and oxygen atoms in total. The highest BCUT2D eigenvalue weighted by atomic mass is 16.6. The van der Waals surface area contributed by atoms with Crippen molar-refractivity contribution in [2.24, 2.45) is 0 Å². The molecule has 0 aliphatic carbocycles. The van der Waals surface area contributed by atoms with Crippen molar-refractivity contribution in [1.29, 1.82) is 0 Å². The van der Waals surface area contributed by atoms with Gasteiger partial charge in [0.05, 0.1) is 6.10 Å². The smallest absolute Gasteiger partial charge is 0.185 e. The van der Waals surface area contributed by atoms with E-state index in [0.717, 1.165) is 0 Å². The van der Waals surface area contributed by atoms with Gasteiger partial charge in [0.15, 0.2) is 12.0 Å². The molecule has 0 radical (unpaired) electrons. The van der Waals surface area contributed by atoms with Gasteiger partial charge < -0.3 is 20.1 Å². The van der Waals surface area contributed by atoms with E-state index in [2.05, 4.69) is 0 Å². The van der Waals surface area contributed by atoms with Crippen LogP contribution < -0.4 is 0 Å². The lowest BCUT2D eigenvalue weighted by molar-refractivity contribution is -0.307. The van der Waals surface area contributed by atoms with E-state index in [-0.39, 0.29) is 12.5 Å². The number of nitrogens with zero attached hydrogens (tertiary/aromatic N) is 1. The van der Waals surface area contributed by atoms with Crippen molar-refractivity contribution in [3.8, 4) is 0 Å². The zero-order valence-electron chi connectivity index (χ0n) is 8.14. The van der Waals surface area contributed by atoms with Crippen molar-refractivity contribution in [1.82, 2.24) is 4.90 Å². The Bertz CT molecular complexity index is 187. The molecule has 0 amide bonds. The van der Waals surface area contributed by atoms with Crippen molar-refractivity contribution in [3.63, 3.8) is 0 Å². The average molecular weight is 191 g/mol. The fraction of sp³-hybridized carbons (Fsp3) is 1.00. The zero-order chi connectivity index (χ0) is 10.2. The molecule has 0 aromatic heterocycles. The number of ether oxygens (including phenoxy) is 1. The van der Waals surface area contributed by atoms with Gasteiger partial charge in [0.1, 0.15) is 6.10 Å². The molecule has 3 N–H and O–H groups in total. The van der Waals surface area contributed by atoms with E-state index >= 15 is 0 Å². The number of aliphatic hydroxyl groups is 3. The summed E-state index contributed by atoms with van der Waals surface area (Å²) in [5, 5.41) is 28.8. The maximum atomic E-state index is 9.99. The third-order valence-corrected chi connectivity index (χ3v) is 2.48. The van der Waals surface area contributed by atoms with Crippen LogP contribution in [0.1, 0.15) is 13.3 Å². The van der Waals surface area contributed by atoms with Crippen LogP contribution >= 0.6 is 0 Å². The normalized spacial score (nSPS) is 46.8. The fourth-order valence-electron chi connectivity index (χ4n) is 1.58. The summed E-state index contributed by atoms with van der Waals surface area (Å²) in [7, 11) is 3.29. The number of rotatable bonds is 1. The third-order valence-electron chi connectivity index (χ3n) is 2.48. The van der Waals surface area contributed by atoms with Gasteiger partial charge in [-0.05, 0) is 21.0 Å². The molecule has 0 unspecified atom stereocenters. The number of likely N-dealkylation sites (N-methyl/N-ethyl adjacent to an activating group) is 1. The Kier molecular flexibility index (Phi) is 2.94. The molecule has 0 aromatic rings. The molecule has 5 heteroatoms. The molecule has 78 valence electrons. The lowest BCUT2D eigenvalue weighted by Crippen LogP contribution is -2.63. The summed E-state index contributed by atoms with van der Waals surface area (Å²) >= 11 is 0. The quantitative estimate of drug-likeness (QED) is 0.450. The largest absolute Gasteiger partial charge is 0.383 e. The zero-order valence-corrected chi connectivity index (χ0v) is 8.14. The molecule has 1 aliphatic rings. The minimum absolute atomic E-state index is 0.272. The summed E-state index contributed by atoms with van der Waals surface area (Å²) in [5.41, 5.74) is -1.41. The summed E-state index contributed by atoms with van der Waals surface area (Å²) in [5.74, 6) is 0. The topological polar surface area (TPSA) is 73.2 Å². The Morgan fingerprint density at radius 3 is 2.38 bits per heavy atom. The van der Waals surface area contributed by atoms with Crippen molar-refractivity contribution in [3.05, 3.63) is 0 Å². The van der Waals surface area contributed by atoms with Crippen molar-refractivity contribution in [2.75, 3.05) is 14.1 Å². The minimum atomic E-state index is -1.41. The van der Waals surface area contributed by atoms with E-state index in [4.69, 9.17) is 4.74 Å². The van der Waals surface area contributed by atoms with E-state index in [1.807, 2.05) is 0 Å². The van der Waals surface area contributed by atoms with Crippen LogP contribution in [0, 0.1) is 0 Å². The summed E-state index contributed by atoms with van der Waals surface area (Å²) < 4.78 is 4.96. The maximum absolute atomic E-state index is 9.99. The maximum Gasteiger partial charge on any atom is 0.185 e. The lowest BCUT2D eigenvalue weighted by atomic mass is 9.95. The van der Waals surface area contributed by atoms with E-state index in [1.54, 1.807) is 21.0 Å². The van der Waals surface area contributed by atoms with Crippen molar-refractivity contribution < 1.29 is 20.1 Å². The van der Waals surface area contributed by atoms with Crippen molar-refractivity contribution >= 4 is 0 Å². The van der Waals surface area contributed by atoms with Crippen LogP contribution in [0.4, 0.5) is 0 Å². The lowest BCUT2D eigenvalue weighted by Gasteiger charge is -2.45. The van der Waals surface area contributed by atoms with Gasteiger partial charge in [-0.25, -0.2) is 0 Å². The summed E-state index contributed by atoms with van der Waals surface area (Å²) in [6.45, 7) is 1.74. The molecular formula is C8H17NO4.